The number of benzene rings is 1. The number of amides is 1. The number of nitrogens with zero attached hydrogens (tertiary/aromatic N) is 2. The van der Waals surface area contributed by atoms with Crippen LogP contribution in [0.4, 0.5) is 5.88 Å². The Balaban J connectivity index is 1.77. The van der Waals surface area contributed by atoms with Crippen LogP contribution in [-0.4, -0.2) is 22.8 Å². The molecule has 108 valence electrons. The van der Waals surface area contributed by atoms with Crippen LogP contribution in [0, 0.1) is 10.1 Å². The maximum atomic E-state index is 11.5. The molecular weight excluding hydrogens is 294 g/mol. The SMILES string of the molecule is O=C(CSc1ccccc1)N/N=C\c1ccc([N+](=O)[O-])o1. The smallest absolute Gasteiger partial charge is 0.400 e. The van der Waals surface area contributed by atoms with Crippen molar-refractivity contribution in [2.24, 2.45) is 5.10 Å². The lowest BCUT2D eigenvalue weighted by Gasteiger charge is -1.99. The van der Waals surface area contributed by atoms with Crippen LogP contribution in [0.25, 0.3) is 0 Å². The molecule has 0 atom stereocenters. The predicted octanol–water partition coefficient (Wildman–Crippen LogP) is 2.43. The molecule has 1 aromatic carbocycles. The van der Waals surface area contributed by atoms with E-state index in [0.29, 0.717) is 0 Å². The monoisotopic (exact) mass is 305 g/mol. The fourth-order valence-electron chi connectivity index (χ4n) is 1.38. The first-order valence-corrected chi connectivity index (χ1v) is 6.87. The molecule has 7 nitrogen and oxygen atoms in total. The van der Waals surface area contributed by atoms with Crippen molar-refractivity contribution in [3.05, 3.63) is 58.3 Å². The number of rotatable bonds is 6. The molecule has 1 heterocycles. The normalized spacial score (nSPS) is 10.7. The summed E-state index contributed by atoms with van der Waals surface area (Å²) in [5.74, 6) is -0.235. The number of carbonyl (C=O) groups is 1. The van der Waals surface area contributed by atoms with Crippen LogP contribution in [0.2, 0.25) is 0 Å². The number of thioether (sulfide) groups is 1. The van der Waals surface area contributed by atoms with E-state index in [4.69, 9.17) is 4.42 Å². The number of nitrogens with one attached hydrogen (secondary N) is 1. The quantitative estimate of drug-likeness (QED) is 0.382. The molecule has 2 rings (SSSR count). The van der Waals surface area contributed by atoms with Gasteiger partial charge in [-0.1, -0.05) is 18.2 Å². The third-order valence-electron chi connectivity index (χ3n) is 2.29. The Morgan fingerprint density at radius 3 is 2.76 bits per heavy atom. The lowest BCUT2D eigenvalue weighted by molar-refractivity contribution is -0.402. The molecule has 0 saturated heterocycles. The lowest BCUT2D eigenvalue weighted by atomic mass is 10.4. The van der Waals surface area contributed by atoms with Crippen LogP contribution in [0.5, 0.6) is 0 Å². The summed E-state index contributed by atoms with van der Waals surface area (Å²) in [7, 11) is 0. The van der Waals surface area contributed by atoms with Crippen molar-refractivity contribution < 1.29 is 14.1 Å². The second kappa shape index (κ2) is 7.25. The van der Waals surface area contributed by atoms with Crippen LogP contribution in [0.1, 0.15) is 5.76 Å². The molecule has 2 aromatic rings. The average Bonchev–Trinajstić information content (AvgIpc) is 2.95. The predicted molar refractivity (Wildman–Crippen MR) is 78.3 cm³/mol. The third-order valence-corrected chi connectivity index (χ3v) is 3.30. The molecule has 0 saturated carbocycles. The van der Waals surface area contributed by atoms with E-state index in [2.05, 4.69) is 10.5 Å². The molecule has 0 aliphatic rings. The van der Waals surface area contributed by atoms with Gasteiger partial charge in [-0.25, -0.2) is 5.43 Å². The first-order chi connectivity index (χ1) is 10.1. The maximum Gasteiger partial charge on any atom is 0.433 e. The van der Waals surface area contributed by atoms with Crippen LogP contribution < -0.4 is 5.43 Å². The summed E-state index contributed by atoms with van der Waals surface area (Å²) in [6.45, 7) is 0. The highest BCUT2D eigenvalue weighted by Gasteiger charge is 2.10. The molecular formula is C13H11N3O4S. The number of furan rings is 1. The van der Waals surface area contributed by atoms with E-state index in [1.165, 1.54) is 30.1 Å². The van der Waals surface area contributed by atoms with Crippen molar-refractivity contribution in [3.8, 4) is 0 Å². The van der Waals surface area contributed by atoms with Gasteiger partial charge < -0.3 is 4.42 Å². The van der Waals surface area contributed by atoms with Gasteiger partial charge in [0.1, 0.15) is 4.92 Å². The van der Waals surface area contributed by atoms with E-state index in [0.717, 1.165) is 4.90 Å². The summed E-state index contributed by atoms with van der Waals surface area (Å²) in [4.78, 5) is 22.3. The highest BCUT2D eigenvalue weighted by atomic mass is 32.2. The van der Waals surface area contributed by atoms with E-state index in [-0.39, 0.29) is 23.3 Å². The van der Waals surface area contributed by atoms with Gasteiger partial charge in [-0.3, -0.25) is 14.9 Å². The zero-order chi connectivity index (χ0) is 15.1. The van der Waals surface area contributed by atoms with Crippen LogP contribution >= 0.6 is 11.8 Å². The van der Waals surface area contributed by atoms with Crippen molar-refractivity contribution in [1.82, 2.24) is 5.43 Å². The minimum atomic E-state index is -0.646. The summed E-state index contributed by atoms with van der Waals surface area (Å²) in [6, 6.07) is 12.1. The Bertz CT molecular complexity index is 654. The Labute approximate surface area is 124 Å². The van der Waals surface area contributed by atoms with Gasteiger partial charge in [0.15, 0.2) is 5.76 Å². The average molecular weight is 305 g/mol. The minimum Gasteiger partial charge on any atom is -0.400 e. The molecule has 8 heteroatoms. The summed E-state index contributed by atoms with van der Waals surface area (Å²) < 4.78 is 4.85. The minimum absolute atomic E-state index is 0.192. The molecule has 0 fully saturated rings. The molecule has 21 heavy (non-hydrogen) atoms. The van der Waals surface area contributed by atoms with E-state index in [1.54, 1.807) is 0 Å². The van der Waals surface area contributed by atoms with E-state index in [9.17, 15) is 14.9 Å². The van der Waals surface area contributed by atoms with Gasteiger partial charge >= 0.3 is 5.88 Å². The molecule has 0 spiro atoms. The standard InChI is InChI=1S/C13H11N3O4S/c17-12(9-21-11-4-2-1-3-5-11)15-14-8-10-6-7-13(20-10)16(18)19/h1-8H,9H2,(H,15,17)/b14-8-. The van der Waals surface area contributed by atoms with Gasteiger partial charge in [0.2, 0.25) is 5.91 Å². The fourth-order valence-corrected chi connectivity index (χ4v) is 2.09. The highest BCUT2D eigenvalue weighted by Crippen LogP contribution is 2.16. The summed E-state index contributed by atoms with van der Waals surface area (Å²) >= 11 is 1.38. The second-order valence-corrected chi connectivity index (χ2v) is 4.88. The Kier molecular flexibility index (Phi) is 5.10. The van der Waals surface area contributed by atoms with Crippen molar-refractivity contribution >= 4 is 29.8 Å². The van der Waals surface area contributed by atoms with Gasteiger partial charge in [0, 0.05) is 4.90 Å². The third kappa shape index (κ3) is 4.77. The molecule has 0 aliphatic heterocycles. The second-order valence-electron chi connectivity index (χ2n) is 3.83. The van der Waals surface area contributed by atoms with Crippen LogP contribution in [0.3, 0.4) is 0 Å². The molecule has 1 N–H and O–H groups in total. The van der Waals surface area contributed by atoms with Crippen molar-refractivity contribution in [3.63, 3.8) is 0 Å². The van der Waals surface area contributed by atoms with Gasteiger partial charge in [0.25, 0.3) is 0 Å². The van der Waals surface area contributed by atoms with Gasteiger partial charge in [-0.05, 0) is 18.2 Å². The van der Waals surface area contributed by atoms with Crippen molar-refractivity contribution in [2.45, 2.75) is 4.90 Å². The van der Waals surface area contributed by atoms with E-state index in [1.807, 2.05) is 30.3 Å². The zero-order valence-electron chi connectivity index (χ0n) is 10.8. The number of nitro groups is 1. The molecule has 0 radical (unpaired) electrons. The van der Waals surface area contributed by atoms with Gasteiger partial charge in [0.05, 0.1) is 18.0 Å². The summed E-state index contributed by atoms with van der Waals surface area (Å²) in [5.41, 5.74) is 2.32. The van der Waals surface area contributed by atoms with Crippen LogP contribution in [-0.2, 0) is 4.79 Å². The number of hydrazone groups is 1. The Morgan fingerprint density at radius 1 is 1.33 bits per heavy atom. The molecule has 0 aliphatic carbocycles. The largest absolute Gasteiger partial charge is 0.433 e. The molecule has 0 bridgehead atoms. The zero-order valence-corrected chi connectivity index (χ0v) is 11.6. The highest BCUT2D eigenvalue weighted by molar-refractivity contribution is 8.00. The first kappa shape index (κ1) is 14.8. The van der Waals surface area contributed by atoms with Crippen molar-refractivity contribution in [1.29, 1.82) is 0 Å². The summed E-state index contributed by atoms with van der Waals surface area (Å²) in [5, 5.41) is 14.1. The fraction of sp³-hybridized carbons (Fsp3) is 0.0769. The van der Waals surface area contributed by atoms with Crippen molar-refractivity contribution in [2.75, 3.05) is 5.75 Å². The van der Waals surface area contributed by atoms with Gasteiger partial charge in [-0.15, -0.1) is 11.8 Å². The maximum absolute atomic E-state index is 11.5. The van der Waals surface area contributed by atoms with E-state index >= 15 is 0 Å². The first-order valence-electron chi connectivity index (χ1n) is 5.89. The lowest BCUT2D eigenvalue weighted by Crippen LogP contribution is -2.19. The molecule has 1 aromatic heterocycles. The van der Waals surface area contributed by atoms with Gasteiger partial charge in [-0.2, -0.15) is 5.10 Å². The Hall–Kier alpha value is -2.61. The molecule has 0 unspecified atom stereocenters. The Morgan fingerprint density at radius 2 is 2.10 bits per heavy atom. The molecule has 1 amide bonds. The number of hydrogen-bond acceptors (Lipinski definition) is 6. The number of carbonyl (C=O) groups excluding carboxylic acids is 1. The topological polar surface area (TPSA) is 97.7 Å². The summed E-state index contributed by atoms with van der Waals surface area (Å²) in [6.07, 6.45) is 1.21. The number of hydrogen-bond donors (Lipinski definition) is 1. The van der Waals surface area contributed by atoms with E-state index < -0.39 is 4.92 Å². The van der Waals surface area contributed by atoms with Crippen LogP contribution in [0.15, 0.2) is 56.9 Å².